The smallest absolute Gasteiger partial charge is 0.234 e. The van der Waals surface area contributed by atoms with Crippen LogP contribution in [0.5, 0.6) is 0 Å². The second-order valence-corrected chi connectivity index (χ2v) is 6.46. The number of carbonyl (C=O) groups excluding carboxylic acids is 1. The molecule has 4 nitrogen and oxygen atoms in total. The van der Waals surface area contributed by atoms with E-state index < -0.39 is 0 Å². The highest BCUT2D eigenvalue weighted by Gasteiger charge is 2.24. The van der Waals surface area contributed by atoms with E-state index in [4.69, 9.17) is 5.73 Å². The van der Waals surface area contributed by atoms with Crippen molar-refractivity contribution in [3.63, 3.8) is 0 Å². The standard InChI is InChI=1S/C16H33N3O/c1-4-5-6-8-13(2)18-16(20)12-19-10-7-9-15(11-19)14(3)17/h13-15H,4-12,17H2,1-3H3,(H,18,20). The Balaban J connectivity index is 2.24. The number of piperidine rings is 1. The lowest BCUT2D eigenvalue weighted by molar-refractivity contribution is -0.123. The summed E-state index contributed by atoms with van der Waals surface area (Å²) in [6.07, 6.45) is 7.13. The molecule has 3 atom stereocenters. The summed E-state index contributed by atoms with van der Waals surface area (Å²) < 4.78 is 0. The van der Waals surface area contributed by atoms with Crippen molar-refractivity contribution < 1.29 is 4.79 Å². The fourth-order valence-electron chi connectivity index (χ4n) is 2.96. The number of likely N-dealkylation sites (tertiary alicyclic amines) is 1. The van der Waals surface area contributed by atoms with Crippen molar-refractivity contribution in [2.24, 2.45) is 11.7 Å². The van der Waals surface area contributed by atoms with E-state index in [1.807, 2.05) is 0 Å². The van der Waals surface area contributed by atoms with E-state index in [9.17, 15) is 4.79 Å². The monoisotopic (exact) mass is 283 g/mol. The zero-order valence-corrected chi connectivity index (χ0v) is 13.5. The number of nitrogens with two attached hydrogens (primary N) is 1. The number of hydrogen-bond donors (Lipinski definition) is 2. The molecule has 1 aliphatic heterocycles. The molecule has 1 heterocycles. The van der Waals surface area contributed by atoms with Gasteiger partial charge in [0, 0.05) is 18.6 Å². The van der Waals surface area contributed by atoms with Gasteiger partial charge in [0.05, 0.1) is 6.54 Å². The van der Waals surface area contributed by atoms with E-state index in [0.29, 0.717) is 18.5 Å². The summed E-state index contributed by atoms with van der Waals surface area (Å²) in [4.78, 5) is 14.3. The summed E-state index contributed by atoms with van der Waals surface area (Å²) in [5.74, 6) is 0.706. The normalized spacial score (nSPS) is 23.3. The third kappa shape index (κ3) is 6.71. The van der Waals surface area contributed by atoms with Crippen molar-refractivity contribution in [3.05, 3.63) is 0 Å². The van der Waals surface area contributed by atoms with E-state index in [2.05, 4.69) is 31.0 Å². The van der Waals surface area contributed by atoms with Crippen LogP contribution in [0.15, 0.2) is 0 Å². The van der Waals surface area contributed by atoms with Crippen LogP contribution in [0.4, 0.5) is 0 Å². The minimum atomic E-state index is 0.166. The number of unbranched alkanes of at least 4 members (excludes halogenated alkanes) is 2. The molecule has 3 N–H and O–H groups in total. The second-order valence-electron chi connectivity index (χ2n) is 6.46. The number of nitrogens with one attached hydrogen (secondary N) is 1. The van der Waals surface area contributed by atoms with Crippen LogP contribution < -0.4 is 11.1 Å². The van der Waals surface area contributed by atoms with Gasteiger partial charge in [-0.2, -0.15) is 0 Å². The van der Waals surface area contributed by atoms with Crippen LogP contribution in [0.25, 0.3) is 0 Å². The zero-order valence-electron chi connectivity index (χ0n) is 13.5. The molecule has 0 saturated carbocycles. The highest BCUT2D eigenvalue weighted by atomic mass is 16.2. The predicted molar refractivity (Wildman–Crippen MR) is 84.6 cm³/mol. The van der Waals surface area contributed by atoms with Crippen molar-refractivity contribution in [2.75, 3.05) is 19.6 Å². The SMILES string of the molecule is CCCCCC(C)NC(=O)CN1CCCC(C(C)N)C1. The van der Waals surface area contributed by atoms with Crippen LogP contribution in [0, 0.1) is 5.92 Å². The van der Waals surface area contributed by atoms with Gasteiger partial charge in [-0.1, -0.05) is 26.2 Å². The molecule has 0 aromatic carbocycles. The van der Waals surface area contributed by atoms with Crippen LogP contribution in [-0.2, 0) is 4.79 Å². The Hall–Kier alpha value is -0.610. The van der Waals surface area contributed by atoms with Crippen molar-refractivity contribution in [2.45, 2.75) is 71.4 Å². The Labute approximate surface area is 124 Å². The molecule has 1 amide bonds. The van der Waals surface area contributed by atoms with Gasteiger partial charge in [0.25, 0.3) is 0 Å². The lowest BCUT2D eigenvalue weighted by Crippen LogP contribution is -2.47. The highest BCUT2D eigenvalue weighted by molar-refractivity contribution is 5.78. The molecule has 1 saturated heterocycles. The molecule has 20 heavy (non-hydrogen) atoms. The fourth-order valence-corrected chi connectivity index (χ4v) is 2.96. The maximum Gasteiger partial charge on any atom is 0.234 e. The van der Waals surface area contributed by atoms with E-state index in [1.165, 1.54) is 25.7 Å². The van der Waals surface area contributed by atoms with E-state index in [1.54, 1.807) is 0 Å². The maximum atomic E-state index is 12.0. The average Bonchev–Trinajstić information content (AvgIpc) is 2.39. The minimum absolute atomic E-state index is 0.166. The first-order valence-electron chi connectivity index (χ1n) is 8.30. The molecule has 0 bridgehead atoms. The summed E-state index contributed by atoms with van der Waals surface area (Å²) in [6.45, 7) is 8.91. The molecule has 0 spiro atoms. The third-order valence-corrected chi connectivity index (χ3v) is 4.30. The molecule has 0 radical (unpaired) electrons. The zero-order chi connectivity index (χ0) is 15.0. The van der Waals surface area contributed by atoms with E-state index in [-0.39, 0.29) is 11.9 Å². The molecule has 4 heteroatoms. The Morgan fingerprint density at radius 3 is 2.80 bits per heavy atom. The summed E-state index contributed by atoms with van der Waals surface area (Å²) in [5, 5.41) is 3.12. The lowest BCUT2D eigenvalue weighted by Gasteiger charge is -2.34. The van der Waals surface area contributed by atoms with Crippen LogP contribution in [-0.4, -0.2) is 42.5 Å². The van der Waals surface area contributed by atoms with Gasteiger partial charge in [-0.15, -0.1) is 0 Å². The highest BCUT2D eigenvalue weighted by Crippen LogP contribution is 2.18. The van der Waals surface area contributed by atoms with Gasteiger partial charge < -0.3 is 11.1 Å². The van der Waals surface area contributed by atoms with Crippen LogP contribution in [0.2, 0.25) is 0 Å². The number of amides is 1. The maximum absolute atomic E-state index is 12.0. The second kappa shape index (κ2) is 9.35. The van der Waals surface area contributed by atoms with Crippen LogP contribution in [0.1, 0.15) is 59.3 Å². The number of hydrogen-bond acceptors (Lipinski definition) is 3. The summed E-state index contributed by atoms with van der Waals surface area (Å²) >= 11 is 0. The summed E-state index contributed by atoms with van der Waals surface area (Å²) in [6, 6.07) is 0.525. The van der Waals surface area contributed by atoms with Crippen molar-refractivity contribution in [1.82, 2.24) is 10.2 Å². The number of carbonyl (C=O) groups is 1. The Morgan fingerprint density at radius 1 is 1.40 bits per heavy atom. The minimum Gasteiger partial charge on any atom is -0.353 e. The molecule has 118 valence electrons. The first-order valence-corrected chi connectivity index (χ1v) is 8.30. The molecule has 0 aliphatic carbocycles. The van der Waals surface area contributed by atoms with Gasteiger partial charge in [-0.05, 0) is 45.6 Å². The Bertz CT molecular complexity index is 281. The lowest BCUT2D eigenvalue weighted by atomic mass is 9.92. The molecular formula is C16H33N3O. The van der Waals surface area contributed by atoms with Gasteiger partial charge in [0.2, 0.25) is 5.91 Å². The van der Waals surface area contributed by atoms with Crippen molar-refractivity contribution in [1.29, 1.82) is 0 Å². The van der Waals surface area contributed by atoms with Crippen LogP contribution in [0.3, 0.4) is 0 Å². The van der Waals surface area contributed by atoms with Gasteiger partial charge in [0.1, 0.15) is 0 Å². The molecule has 1 aliphatic rings. The van der Waals surface area contributed by atoms with E-state index in [0.717, 1.165) is 25.9 Å². The predicted octanol–water partition coefficient (Wildman–Crippen LogP) is 2.13. The van der Waals surface area contributed by atoms with Crippen molar-refractivity contribution in [3.8, 4) is 0 Å². The van der Waals surface area contributed by atoms with Gasteiger partial charge in [-0.3, -0.25) is 9.69 Å². The molecular weight excluding hydrogens is 250 g/mol. The largest absolute Gasteiger partial charge is 0.353 e. The van der Waals surface area contributed by atoms with E-state index >= 15 is 0 Å². The molecule has 0 aromatic rings. The average molecular weight is 283 g/mol. The van der Waals surface area contributed by atoms with Crippen molar-refractivity contribution >= 4 is 5.91 Å². The molecule has 1 rings (SSSR count). The molecule has 0 aromatic heterocycles. The van der Waals surface area contributed by atoms with Crippen LogP contribution >= 0.6 is 0 Å². The first-order chi connectivity index (χ1) is 9.52. The fraction of sp³-hybridized carbons (Fsp3) is 0.938. The third-order valence-electron chi connectivity index (χ3n) is 4.30. The molecule has 3 unspecified atom stereocenters. The van der Waals surface area contributed by atoms with Gasteiger partial charge in [0.15, 0.2) is 0 Å². The first kappa shape index (κ1) is 17.4. The Kier molecular flexibility index (Phi) is 8.15. The van der Waals surface area contributed by atoms with Gasteiger partial charge >= 0.3 is 0 Å². The number of nitrogens with zero attached hydrogens (tertiary/aromatic N) is 1. The summed E-state index contributed by atoms with van der Waals surface area (Å²) in [7, 11) is 0. The summed E-state index contributed by atoms with van der Waals surface area (Å²) in [5.41, 5.74) is 5.98. The van der Waals surface area contributed by atoms with Gasteiger partial charge in [-0.25, -0.2) is 0 Å². The quantitative estimate of drug-likeness (QED) is 0.671. The topological polar surface area (TPSA) is 58.4 Å². The number of rotatable bonds is 8. The molecule has 1 fully saturated rings. The Morgan fingerprint density at radius 2 is 2.15 bits per heavy atom.